The van der Waals surface area contributed by atoms with E-state index in [4.69, 9.17) is 23.8 Å². The first-order valence-electron chi connectivity index (χ1n) is 6.72. The Morgan fingerprint density at radius 3 is 2.85 bits per heavy atom. The normalized spacial score (nSPS) is 16.2. The van der Waals surface area contributed by atoms with E-state index < -0.39 is 0 Å². The minimum atomic E-state index is 0.468. The molecule has 1 saturated carbocycles. The summed E-state index contributed by atoms with van der Waals surface area (Å²) in [4.78, 5) is 0. The van der Waals surface area contributed by atoms with Crippen molar-refractivity contribution < 1.29 is 0 Å². The largest absolute Gasteiger partial charge is 0.360 e. The molecule has 0 unspecified atom stereocenters. The molecule has 7 heteroatoms. The first kappa shape index (κ1) is 14.0. The third-order valence-corrected chi connectivity index (χ3v) is 4.63. The molecule has 0 amide bonds. The van der Waals surface area contributed by atoms with Crippen molar-refractivity contribution in [2.45, 2.75) is 38.1 Å². The van der Waals surface area contributed by atoms with E-state index in [1.54, 1.807) is 0 Å². The summed E-state index contributed by atoms with van der Waals surface area (Å²) >= 11 is 12.8. The molecular weight excluding hydrogens is 312 g/mol. The number of hydrogen-bond donors (Lipinski definition) is 2. The predicted octanol–water partition coefficient (Wildman–Crippen LogP) is 3.96. The first-order chi connectivity index (χ1) is 9.74. The summed E-state index contributed by atoms with van der Waals surface area (Å²) in [5.74, 6) is 0. The Hall–Kier alpha value is -0.980. The lowest BCUT2D eigenvalue weighted by molar-refractivity contribution is 0.415. The third kappa shape index (κ3) is 3.02. The van der Waals surface area contributed by atoms with E-state index >= 15 is 0 Å². The monoisotopic (exact) mass is 326 g/mol. The van der Waals surface area contributed by atoms with Gasteiger partial charge < -0.3 is 10.6 Å². The van der Waals surface area contributed by atoms with Gasteiger partial charge in [-0.2, -0.15) is 8.75 Å². The Labute approximate surface area is 132 Å². The van der Waals surface area contributed by atoms with Crippen LogP contribution in [-0.4, -0.2) is 19.9 Å². The molecule has 0 bridgehead atoms. The van der Waals surface area contributed by atoms with Crippen LogP contribution in [0.4, 0.5) is 5.69 Å². The molecule has 2 aromatic rings. The van der Waals surface area contributed by atoms with Gasteiger partial charge in [-0.1, -0.05) is 30.9 Å². The molecule has 0 atom stereocenters. The Balaban J connectivity index is 1.73. The number of nitrogens with one attached hydrogen (secondary N) is 2. The fourth-order valence-corrected chi connectivity index (χ4v) is 3.54. The quantitative estimate of drug-likeness (QED) is 0.818. The van der Waals surface area contributed by atoms with Gasteiger partial charge in [0.05, 0.1) is 22.4 Å². The molecular formula is C13H15ClN4S2. The standard InChI is InChI=1S/C13H15ClN4S2/c14-9-6-7-10-12(18-20-17-10)11(9)16-13(19)15-8-4-2-1-3-5-8/h6-8H,1-5H2,(H2,15,16,19). The van der Waals surface area contributed by atoms with Gasteiger partial charge >= 0.3 is 0 Å². The highest BCUT2D eigenvalue weighted by Crippen LogP contribution is 2.30. The van der Waals surface area contributed by atoms with Gasteiger partial charge in [-0.05, 0) is 37.2 Å². The van der Waals surface area contributed by atoms with Gasteiger partial charge in [0.2, 0.25) is 0 Å². The van der Waals surface area contributed by atoms with Gasteiger partial charge in [-0.3, -0.25) is 0 Å². The molecule has 1 aromatic carbocycles. The number of thiocarbonyl (C=S) groups is 1. The van der Waals surface area contributed by atoms with Crippen LogP contribution in [0.3, 0.4) is 0 Å². The van der Waals surface area contributed by atoms with Gasteiger partial charge in [0.1, 0.15) is 11.0 Å². The molecule has 2 N–H and O–H groups in total. The number of benzene rings is 1. The van der Waals surface area contributed by atoms with Crippen molar-refractivity contribution in [2.75, 3.05) is 5.32 Å². The molecule has 0 spiro atoms. The smallest absolute Gasteiger partial charge is 0.171 e. The van der Waals surface area contributed by atoms with Crippen molar-refractivity contribution in [3.63, 3.8) is 0 Å². The van der Waals surface area contributed by atoms with Crippen LogP contribution in [0.25, 0.3) is 11.0 Å². The van der Waals surface area contributed by atoms with Crippen LogP contribution < -0.4 is 10.6 Å². The molecule has 1 aliphatic rings. The SMILES string of the molecule is S=C(Nc1c(Cl)ccc2nsnc12)NC1CCCCC1. The number of halogens is 1. The minimum Gasteiger partial charge on any atom is -0.360 e. The van der Waals surface area contributed by atoms with E-state index in [2.05, 4.69) is 19.4 Å². The molecule has 3 rings (SSSR count). The van der Waals surface area contributed by atoms with Crippen molar-refractivity contribution in [1.82, 2.24) is 14.1 Å². The van der Waals surface area contributed by atoms with E-state index in [0.717, 1.165) is 16.7 Å². The number of aromatic nitrogens is 2. The molecule has 20 heavy (non-hydrogen) atoms. The van der Waals surface area contributed by atoms with Crippen molar-refractivity contribution >= 4 is 57.4 Å². The Bertz CT molecular complexity index is 622. The van der Waals surface area contributed by atoms with Gasteiger partial charge in [0.15, 0.2) is 5.11 Å². The van der Waals surface area contributed by atoms with Gasteiger partial charge in [0, 0.05) is 6.04 Å². The second-order valence-electron chi connectivity index (χ2n) is 4.99. The van der Waals surface area contributed by atoms with E-state index in [0.29, 0.717) is 16.2 Å². The minimum absolute atomic E-state index is 0.468. The Kier molecular flexibility index (Phi) is 4.33. The van der Waals surface area contributed by atoms with Crippen LogP contribution in [0.5, 0.6) is 0 Å². The van der Waals surface area contributed by atoms with E-state index in [-0.39, 0.29) is 0 Å². The molecule has 0 radical (unpaired) electrons. The first-order valence-corrected chi connectivity index (χ1v) is 8.24. The van der Waals surface area contributed by atoms with Crippen LogP contribution in [0.15, 0.2) is 12.1 Å². The number of anilines is 1. The predicted molar refractivity (Wildman–Crippen MR) is 88.7 cm³/mol. The highest BCUT2D eigenvalue weighted by Gasteiger charge is 2.16. The van der Waals surface area contributed by atoms with Gasteiger partial charge in [-0.15, -0.1) is 0 Å². The maximum Gasteiger partial charge on any atom is 0.171 e. The fraction of sp³-hybridized carbons (Fsp3) is 0.462. The number of hydrogen-bond acceptors (Lipinski definition) is 4. The Morgan fingerprint density at radius 1 is 1.25 bits per heavy atom. The number of nitrogens with zero attached hydrogens (tertiary/aromatic N) is 2. The zero-order valence-electron chi connectivity index (χ0n) is 10.9. The van der Waals surface area contributed by atoms with Crippen LogP contribution in [0.1, 0.15) is 32.1 Å². The summed E-state index contributed by atoms with van der Waals surface area (Å²) in [6, 6.07) is 4.15. The van der Waals surface area contributed by atoms with Crippen LogP contribution in [-0.2, 0) is 0 Å². The second-order valence-corrected chi connectivity index (χ2v) is 6.33. The van der Waals surface area contributed by atoms with Gasteiger partial charge in [-0.25, -0.2) is 0 Å². The summed E-state index contributed by atoms with van der Waals surface area (Å²) in [7, 11) is 0. The summed E-state index contributed by atoms with van der Waals surface area (Å²) in [5.41, 5.74) is 2.35. The lowest BCUT2D eigenvalue weighted by atomic mass is 9.96. The Morgan fingerprint density at radius 2 is 2.05 bits per heavy atom. The zero-order valence-corrected chi connectivity index (χ0v) is 13.2. The van der Waals surface area contributed by atoms with Crippen molar-refractivity contribution in [3.8, 4) is 0 Å². The van der Waals surface area contributed by atoms with Crippen molar-refractivity contribution in [2.24, 2.45) is 0 Å². The van der Waals surface area contributed by atoms with E-state index in [9.17, 15) is 0 Å². The molecule has 1 fully saturated rings. The zero-order chi connectivity index (χ0) is 13.9. The molecule has 1 aromatic heterocycles. The lowest BCUT2D eigenvalue weighted by Gasteiger charge is -2.24. The summed E-state index contributed by atoms with van der Waals surface area (Å²) in [5, 5.41) is 7.77. The molecule has 0 saturated heterocycles. The second kappa shape index (κ2) is 6.20. The van der Waals surface area contributed by atoms with Crippen molar-refractivity contribution in [3.05, 3.63) is 17.2 Å². The van der Waals surface area contributed by atoms with E-state index in [1.807, 2.05) is 12.1 Å². The summed E-state index contributed by atoms with van der Waals surface area (Å²) in [6.07, 6.45) is 6.23. The molecule has 0 aliphatic heterocycles. The fourth-order valence-electron chi connectivity index (χ4n) is 2.53. The van der Waals surface area contributed by atoms with Crippen LogP contribution in [0, 0.1) is 0 Å². The average Bonchev–Trinajstić information content (AvgIpc) is 2.92. The molecule has 106 valence electrons. The maximum absolute atomic E-state index is 6.23. The molecule has 4 nitrogen and oxygen atoms in total. The molecule has 1 aliphatic carbocycles. The van der Waals surface area contributed by atoms with E-state index in [1.165, 1.54) is 43.8 Å². The maximum atomic E-state index is 6.23. The summed E-state index contributed by atoms with van der Waals surface area (Å²) in [6.45, 7) is 0. The average molecular weight is 327 g/mol. The van der Waals surface area contributed by atoms with Gasteiger partial charge in [0.25, 0.3) is 0 Å². The van der Waals surface area contributed by atoms with Crippen LogP contribution in [0.2, 0.25) is 5.02 Å². The van der Waals surface area contributed by atoms with Crippen molar-refractivity contribution in [1.29, 1.82) is 0 Å². The third-order valence-electron chi connectivity index (χ3n) is 3.56. The lowest BCUT2D eigenvalue weighted by Crippen LogP contribution is -2.38. The topological polar surface area (TPSA) is 49.8 Å². The molecule has 1 heterocycles. The summed E-state index contributed by atoms with van der Waals surface area (Å²) < 4.78 is 8.49. The number of fused-ring (bicyclic) bond motifs is 1. The number of rotatable bonds is 2. The highest BCUT2D eigenvalue weighted by atomic mass is 35.5. The van der Waals surface area contributed by atoms with Crippen LogP contribution >= 0.6 is 35.5 Å². The highest BCUT2D eigenvalue weighted by molar-refractivity contribution is 7.80.